The Bertz CT molecular complexity index is 2810. The van der Waals surface area contributed by atoms with Crippen LogP contribution in [0.2, 0.25) is 0 Å². The van der Waals surface area contributed by atoms with E-state index in [4.69, 9.17) is 15.0 Å². The Kier molecular flexibility index (Phi) is 6.42. The van der Waals surface area contributed by atoms with Gasteiger partial charge in [-0.1, -0.05) is 133 Å². The van der Waals surface area contributed by atoms with Crippen molar-refractivity contribution in [2.45, 2.75) is 0 Å². The molecule has 0 fully saturated rings. The molecule has 234 valence electrons. The molecular weight excluding hydrogens is 611 g/mol. The molecule has 10 rings (SSSR count). The molecule has 0 N–H and O–H groups in total. The molecule has 0 bridgehead atoms. The lowest BCUT2D eigenvalue weighted by molar-refractivity contribution is 0.953. The number of para-hydroxylation sites is 3. The molecule has 0 radical (unpaired) electrons. The molecule has 0 aliphatic carbocycles. The van der Waals surface area contributed by atoms with Crippen molar-refractivity contribution in [3.8, 4) is 45.5 Å². The van der Waals surface area contributed by atoms with E-state index >= 15 is 0 Å². The Hall–Kier alpha value is -6.85. The SMILES string of the molecule is c1ccc(-c2ccc3c(c2)c2ccccc2n3-c2nc(-c3ccccc3)nc(-c3cccc(-n4c5ccccc5c5ccccc54)c3)n2)cc1. The van der Waals surface area contributed by atoms with Gasteiger partial charge in [0.2, 0.25) is 5.95 Å². The lowest BCUT2D eigenvalue weighted by Crippen LogP contribution is -2.06. The van der Waals surface area contributed by atoms with Crippen LogP contribution in [0, 0.1) is 0 Å². The summed E-state index contributed by atoms with van der Waals surface area (Å²) in [5, 5.41) is 4.75. The maximum atomic E-state index is 5.23. The monoisotopic (exact) mass is 639 g/mol. The Labute approximate surface area is 288 Å². The first-order chi connectivity index (χ1) is 24.8. The average Bonchev–Trinajstić information content (AvgIpc) is 3.71. The minimum atomic E-state index is 0.579. The zero-order valence-electron chi connectivity index (χ0n) is 27.0. The van der Waals surface area contributed by atoms with E-state index in [-0.39, 0.29) is 0 Å². The maximum absolute atomic E-state index is 5.23. The number of benzene rings is 7. The van der Waals surface area contributed by atoms with Crippen molar-refractivity contribution in [2.24, 2.45) is 0 Å². The van der Waals surface area contributed by atoms with E-state index in [0.29, 0.717) is 17.6 Å². The van der Waals surface area contributed by atoms with Gasteiger partial charge in [0.05, 0.1) is 22.1 Å². The Morgan fingerprint density at radius 3 is 1.46 bits per heavy atom. The summed E-state index contributed by atoms with van der Waals surface area (Å²) in [7, 11) is 0. The standard InChI is InChI=1S/C45H29N5/c1-3-14-30(15-4-1)32-26-27-42-38(29-32)37-22-9-12-25-41(37)50(42)45-47-43(31-16-5-2-6-17-31)46-44(48-45)33-18-13-19-34(28-33)49-39-23-10-7-20-35(39)36-21-8-11-24-40(36)49/h1-29H. The van der Waals surface area contributed by atoms with Gasteiger partial charge in [-0.15, -0.1) is 0 Å². The van der Waals surface area contributed by atoms with Crippen LogP contribution in [0.5, 0.6) is 0 Å². The van der Waals surface area contributed by atoms with Crippen LogP contribution in [0.4, 0.5) is 0 Å². The zero-order chi connectivity index (χ0) is 33.0. The summed E-state index contributed by atoms with van der Waals surface area (Å²) in [5.74, 6) is 1.82. The molecule has 3 aromatic heterocycles. The van der Waals surface area contributed by atoms with Crippen LogP contribution < -0.4 is 0 Å². The summed E-state index contributed by atoms with van der Waals surface area (Å²) < 4.78 is 4.50. The van der Waals surface area contributed by atoms with Gasteiger partial charge in [0.15, 0.2) is 11.6 Å². The molecular formula is C45H29N5. The maximum Gasteiger partial charge on any atom is 0.238 e. The molecule has 0 saturated carbocycles. The number of rotatable bonds is 5. The molecule has 0 atom stereocenters. The number of hydrogen-bond acceptors (Lipinski definition) is 3. The van der Waals surface area contributed by atoms with Crippen LogP contribution in [-0.2, 0) is 0 Å². The number of hydrogen-bond donors (Lipinski definition) is 0. The van der Waals surface area contributed by atoms with Crippen LogP contribution in [-0.4, -0.2) is 24.1 Å². The van der Waals surface area contributed by atoms with Crippen LogP contribution in [0.25, 0.3) is 89.2 Å². The lowest BCUT2D eigenvalue weighted by atomic mass is 10.0. The van der Waals surface area contributed by atoms with Gasteiger partial charge in [-0.05, 0) is 53.6 Å². The van der Waals surface area contributed by atoms with Gasteiger partial charge in [-0.25, -0.2) is 4.98 Å². The smallest absolute Gasteiger partial charge is 0.238 e. The van der Waals surface area contributed by atoms with Gasteiger partial charge >= 0.3 is 0 Å². The van der Waals surface area contributed by atoms with Crippen LogP contribution in [0.3, 0.4) is 0 Å². The minimum Gasteiger partial charge on any atom is -0.309 e. The molecule has 7 aromatic carbocycles. The van der Waals surface area contributed by atoms with Gasteiger partial charge in [0, 0.05) is 38.4 Å². The van der Waals surface area contributed by atoms with Gasteiger partial charge in [-0.3, -0.25) is 4.57 Å². The van der Waals surface area contributed by atoms with Crippen molar-refractivity contribution in [3.05, 3.63) is 176 Å². The summed E-state index contributed by atoms with van der Waals surface area (Å²) >= 11 is 0. The van der Waals surface area contributed by atoms with E-state index in [1.807, 2.05) is 18.2 Å². The normalized spacial score (nSPS) is 11.6. The quantitative estimate of drug-likeness (QED) is 0.188. The number of nitrogens with zero attached hydrogens (tertiary/aromatic N) is 5. The molecule has 5 nitrogen and oxygen atoms in total. The van der Waals surface area contributed by atoms with E-state index in [2.05, 4.69) is 167 Å². The molecule has 3 heterocycles. The molecule has 0 amide bonds. The zero-order valence-corrected chi connectivity index (χ0v) is 27.0. The summed E-state index contributed by atoms with van der Waals surface area (Å²) in [6.07, 6.45) is 0. The highest BCUT2D eigenvalue weighted by atomic mass is 15.2. The molecule has 0 aliphatic heterocycles. The first kappa shape index (κ1) is 28.2. The second kappa shape index (κ2) is 11.4. The van der Waals surface area contributed by atoms with Gasteiger partial charge < -0.3 is 4.57 Å². The number of aromatic nitrogens is 5. The van der Waals surface area contributed by atoms with Crippen LogP contribution in [0.1, 0.15) is 0 Å². The van der Waals surface area contributed by atoms with E-state index in [9.17, 15) is 0 Å². The summed E-state index contributed by atoms with van der Waals surface area (Å²) in [6, 6.07) is 61.5. The van der Waals surface area contributed by atoms with Crippen molar-refractivity contribution < 1.29 is 0 Å². The largest absolute Gasteiger partial charge is 0.309 e. The molecule has 0 saturated heterocycles. The van der Waals surface area contributed by atoms with Crippen molar-refractivity contribution in [3.63, 3.8) is 0 Å². The molecule has 50 heavy (non-hydrogen) atoms. The van der Waals surface area contributed by atoms with Crippen molar-refractivity contribution >= 4 is 43.6 Å². The fourth-order valence-electron chi connectivity index (χ4n) is 7.29. The lowest BCUT2D eigenvalue weighted by Gasteiger charge is -2.12. The molecule has 0 aliphatic rings. The van der Waals surface area contributed by atoms with E-state index < -0.39 is 0 Å². The highest BCUT2D eigenvalue weighted by molar-refractivity contribution is 6.11. The minimum absolute atomic E-state index is 0.579. The van der Waals surface area contributed by atoms with Gasteiger partial charge in [0.25, 0.3) is 0 Å². The summed E-state index contributed by atoms with van der Waals surface area (Å²) in [5.41, 5.74) is 9.66. The van der Waals surface area contributed by atoms with E-state index in [1.165, 1.54) is 21.9 Å². The predicted octanol–water partition coefficient (Wildman–Crippen LogP) is 11.1. The Morgan fingerprint density at radius 2 is 0.800 bits per heavy atom. The van der Waals surface area contributed by atoms with E-state index in [0.717, 1.165) is 49.7 Å². The van der Waals surface area contributed by atoms with Crippen LogP contribution >= 0.6 is 0 Å². The van der Waals surface area contributed by atoms with Crippen molar-refractivity contribution in [2.75, 3.05) is 0 Å². The fourth-order valence-corrected chi connectivity index (χ4v) is 7.29. The third-order valence-corrected chi connectivity index (χ3v) is 9.58. The summed E-state index contributed by atoms with van der Waals surface area (Å²) in [4.78, 5) is 15.5. The van der Waals surface area contributed by atoms with Crippen molar-refractivity contribution in [1.82, 2.24) is 24.1 Å². The average molecular weight is 640 g/mol. The highest BCUT2D eigenvalue weighted by Crippen LogP contribution is 2.36. The second-order valence-electron chi connectivity index (χ2n) is 12.5. The Balaban J connectivity index is 1.20. The summed E-state index contributed by atoms with van der Waals surface area (Å²) in [6.45, 7) is 0. The third-order valence-electron chi connectivity index (χ3n) is 9.58. The van der Waals surface area contributed by atoms with E-state index in [1.54, 1.807) is 0 Å². The van der Waals surface area contributed by atoms with Gasteiger partial charge in [0.1, 0.15) is 0 Å². The topological polar surface area (TPSA) is 48.5 Å². The van der Waals surface area contributed by atoms with Crippen LogP contribution in [0.15, 0.2) is 176 Å². The number of fused-ring (bicyclic) bond motifs is 6. The highest BCUT2D eigenvalue weighted by Gasteiger charge is 2.19. The van der Waals surface area contributed by atoms with Gasteiger partial charge in [-0.2, -0.15) is 9.97 Å². The van der Waals surface area contributed by atoms with Crippen molar-refractivity contribution in [1.29, 1.82) is 0 Å². The second-order valence-corrected chi connectivity index (χ2v) is 12.5. The molecule has 0 unspecified atom stereocenters. The first-order valence-electron chi connectivity index (χ1n) is 16.8. The molecule has 0 spiro atoms. The third kappa shape index (κ3) is 4.52. The predicted molar refractivity (Wildman–Crippen MR) is 205 cm³/mol. The molecule has 5 heteroatoms. The fraction of sp³-hybridized carbons (Fsp3) is 0. The molecule has 10 aromatic rings. The first-order valence-corrected chi connectivity index (χ1v) is 16.8. The Morgan fingerprint density at radius 1 is 0.300 bits per heavy atom.